The number of carbonyl (C=O) groups is 4. The number of rotatable bonds is 7. The van der Waals surface area contributed by atoms with E-state index >= 15 is 0 Å². The monoisotopic (exact) mass is 592 g/mol. The standard InChI is InChI=1S/C31H37FN6O5/c1-43-26-18-25(21(32)17-22(26)33)36-11-8-19(9-12-36)7-10-35-13-15-37(16-14-35)23-4-2-3-20-28(23)31(42)38(30(20)41)24-5-6-27(39)34-29(24)40/h2-4,17-19,24H,5-16,33H2,1H3,(H,34,39,40). The van der Waals surface area contributed by atoms with Crippen molar-refractivity contribution >= 4 is 40.7 Å². The van der Waals surface area contributed by atoms with E-state index in [0.29, 0.717) is 52.9 Å². The Morgan fingerprint density at radius 1 is 0.930 bits per heavy atom. The zero-order valence-electron chi connectivity index (χ0n) is 24.3. The summed E-state index contributed by atoms with van der Waals surface area (Å²) >= 11 is 0. The van der Waals surface area contributed by atoms with Crippen LogP contribution in [-0.2, 0) is 9.59 Å². The Bertz CT molecular complexity index is 1450. The van der Waals surface area contributed by atoms with Crippen molar-refractivity contribution in [3.05, 3.63) is 47.3 Å². The van der Waals surface area contributed by atoms with E-state index in [2.05, 4.69) is 20.0 Å². The molecule has 1 unspecified atom stereocenters. The van der Waals surface area contributed by atoms with Crippen molar-refractivity contribution in [2.75, 3.05) is 68.5 Å². The molecule has 0 spiro atoms. The number of piperazine rings is 1. The van der Waals surface area contributed by atoms with E-state index in [0.717, 1.165) is 56.9 Å². The van der Waals surface area contributed by atoms with Crippen LogP contribution in [0.3, 0.4) is 0 Å². The second kappa shape index (κ2) is 11.8. The number of piperidine rings is 2. The SMILES string of the molecule is COc1cc(N2CCC(CCN3CCN(c4cccc5c4C(=O)N(C4CCC(=O)NC4=O)C5=O)CC3)CC2)c(F)cc1N. The molecule has 0 radical (unpaired) electrons. The van der Waals surface area contributed by atoms with E-state index in [4.69, 9.17) is 10.5 Å². The van der Waals surface area contributed by atoms with Crippen molar-refractivity contribution in [1.29, 1.82) is 0 Å². The van der Waals surface area contributed by atoms with Gasteiger partial charge in [-0.2, -0.15) is 0 Å². The molecule has 4 aliphatic rings. The van der Waals surface area contributed by atoms with E-state index in [1.165, 1.54) is 13.2 Å². The zero-order chi connectivity index (χ0) is 30.2. The number of benzene rings is 2. The maximum atomic E-state index is 14.6. The molecule has 6 rings (SSSR count). The number of nitrogen functional groups attached to an aromatic ring is 1. The molecule has 0 aromatic heterocycles. The lowest BCUT2D eigenvalue weighted by Gasteiger charge is -2.38. The van der Waals surface area contributed by atoms with E-state index in [1.54, 1.807) is 18.2 Å². The fourth-order valence-corrected chi connectivity index (χ4v) is 6.78. The van der Waals surface area contributed by atoms with Crippen LogP contribution in [0.25, 0.3) is 0 Å². The van der Waals surface area contributed by atoms with Crippen molar-refractivity contribution in [1.82, 2.24) is 15.1 Å². The first-order valence-corrected chi connectivity index (χ1v) is 14.9. The molecule has 43 heavy (non-hydrogen) atoms. The van der Waals surface area contributed by atoms with Crippen LogP contribution < -0.4 is 25.6 Å². The Balaban J connectivity index is 1.02. The van der Waals surface area contributed by atoms with Gasteiger partial charge in [0.2, 0.25) is 11.8 Å². The first-order chi connectivity index (χ1) is 20.7. The van der Waals surface area contributed by atoms with Crippen LogP contribution in [0.1, 0.15) is 52.8 Å². The highest BCUT2D eigenvalue weighted by atomic mass is 19.1. The molecule has 4 amide bonds. The largest absolute Gasteiger partial charge is 0.495 e. The predicted octanol–water partition coefficient (Wildman–Crippen LogP) is 2.25. The minimum absolute atomic E-state index is 0.0914. The molecule has 0 bridgehead atoms. The molecule has 2 aromatic carbocycles. The molecule has 0 saturated carbocycles. The number of fused-ring (bicyclic) bond motifs is 1. The van der Waals surface area contributed by atoms with Crippen LogP contribution in [0.15, 0.2) is 30.3 Å². The molecular formula is C31H37FN6O5. The van der Waals surface area contributed by atoms with Crippen molar-refractivity contribution < 1.29 is 28.3 Å². The fraction of sp³-hybridized carbons (Fsp3) is 0.484. The molecule has 11 nitrogen and oxygen atoms in total. The number of ether oxygens (including phenoxy) is 1. The van der Waals surface area contributed by atoms with Gasteiger partial charge in [-0.05, 0) is 50.3 Å². The van der Waals surface area contributed by atoms with E-state index < -0.39 is 29.7 Å². The van der Waals surface area contributed by atoms with Gasteiger partial charge >= 0.3 is 0 Å². The third-order valence-electron chi connectivity index (χ3n) is 9.27. The minimum Gasteiger partial charge on any atom is -0.495 e. The van der Waals surface area contributed by atoms with Gasteiger partial charge in [0.15, 0.2) is 0 Å². The van der Waals surface area contributed by atoms with Crippen molar-refractivity contribution in [3.63, 3.8) is 0 Å². The number of anilines is 3. The van der Waals surface area contributed by atoms with Gasteiger partial charge < -0.3 is 20.3 Å². The predicted molar refractivity (Wildman–Crippen MR) is 159 cm³/mol. The van der Waals surface area contributed by atoms with Gasteiger partial charge in [-0.25, -0.2) is 4.39 Å². The lowest BCUT2D eigenvalue weighted by atomic mass is 9.93. The number of carbonyl (C=O) groups excluding carboxylic acids is 4. The number of nitrogens with one attached hydrogen (secondary N) is 1. The molecule has 3 fully saturated rings. The van der Waals surface area contributed by atoms with Crippen LogP contribution in [0.4, 0.5) is 21.5 Å². The van der Waals surface area contributed by atoms with Crippen LogP contribution in [0, 0.1) is 11.7 Å². The lowest BCUT2D eigenvalue weighted by molar-refractivity contribution is -0.136. The van der Waals surface area contributed by atoms with Gasteiger partial charge in [0.25, 0.3) is 11.8 Å². The Hall–Kier alpha value is -4.19. The molecular weight excluding hydrogens is 555 g/mol. The first-order valence-electron chi connectivity index (χ1n) is 14.9. The van der Waals surface area contributed by atoms with E-state index in [-0.39, 0.29) is 18.7 Å². The quantitative estimate of drug-likeness (QED) is 0.368. The van der Waals surface area contributed by atoms with Crippen molar-refractivity contribution in [3.8, 4) is 5.75 Å². The molecule has 4 heterocycles. The highest BCUT2D eigenvalue weighted by molar-refractivity contribution is 6.25. The number of methoxy groups -OCH3 is 1. The summed E-state index contributed by atoms with van der Waals surface area (Å²) in [5.41, 5.74) is 8.03. The summed E-state index contributed by atoms with van der Waals surface area (Å²) in [5.74, 6) is -1.24. The average molecular weight is 593 g/mol. The lowest BCUT2D eigenvalue weighted by Crippen LogP contribution is -2.54. The summed E-state index contributed by atoms with van der Waals surface area (Å²) in [5, 5.41) is 2.24. The minimum atomic E-state index is -0.977. The summed E-state index contributed by atoms with van der Waals surface area (Å²) in [7, 11) is 1.53. The van der Waals surface area contributed by atoms with Crippen molar-refractivity contribution in [2.24, 2.45) is 5.92 Å². The molecule has 2 aromatic rings. The molecule has 4 aliphatic heterocycles. The summed E-state index contributed by atoms with van der Waals surface area (Å²) in [4.78, 5) is 58.4. The maximum Gasteiger partial charge on any atom is 0.264 e. The van der Waals surface area contributed by atoms with Gasteiger partial charge in [0.05, 0.1) is 35.3 Å². The van der Waals surface area contributed by atoms with Crippen LogP contribution in [0.5, 0.6) is 5.75 Å². The number of imide groups is 2. The van der Waals surface area contributed by atoms with Crippen LogP contribution >= 0.6 is 0 Å². The number of nitrogens with two attached hydrogens (primary N) is 1. The summed E-state index contributed by atoms with van der Waals surface area (Å²) < 4.78 is 19.9. The average Bonchev–Trinajstić information content (AvgIpc) is 3.26. The molecule has 228 valence electrons. The molecule has 0 aliphatic carbocycles. The summed E-state index contributed by atoms with van der Waals surface area (Å²) in [6.45, 7) is 5.63. The second-order valence-corrected chi connectivity index (χ2v) is 11.7. The van der Waals surface area contributed by atoms with Gasteiger partial charge in [-0.1, -0.05) is 6.07 Å². The first kappa shape index (κ1) is 28.9. The molecule has 1 atom stereocenters. The number of halogens is 1. The highest BCUT2D eigenvalue weighted by Crippen LogP contribution is 2.36. The second-order valence-electron chi connectivity index (χ2n) is 11.7. The van der Waals surface area contributed by atoms with Gasteiger partial charge in [0.1, 0.15) is 17.6 Å². The number of amides is 4. The molecule has 3 saturated heterocycles. The molecule has 12 heteroatoms. The summed E-state index contributed by atoms with van der Waals surface area (Å²) in [6, 6.07) is 7.30. The zero-order valence-corrected chi connectivity index (χ0v) is 24.3. The van der Waals surface area contributed by atoms with Crippen molar-refractivity contribution in [2.45, 2.75) is 38.1 Å². The number of hydrogen-bond acceptors (Lipinski definition) is 9. The number of hydrogen-bond donors (Lipinski definition) is 2. The van der Waals surface area contributed by atoms with E-state index in [9.17, 15) is 23.6 Å². The Morgan fingerprint density at radius 3 is 2.35 bits per heavy atom. The van der Waals surface area contributed by atoms with Crippen LogP contribution in [-0.4, -0.2) is 92.4 Å². The summed E-state index contributed by atoms with van der Waals surface area (Å²) in [6.07, 6.45) is 3.27. The maximum absolute atomic E-state index is 14.6. The third-order valence-corrected chi connectivity index (χ3v) is 9.27. The third kappa shape index (κ3) is 5.51. The topological polar surface area (TPSA) is 129 Å². The van der Waals surface area contributed by atoms with E-state index in [1.807, 2.05) is 6.07 Å². The Labute approximate surface area is 249 Å². The van der Waals surface area contributed by atoms with Gasteiger partial charge in [-0.15, -0.1) is 0 Å². The normalized spacial score (nSPS) is 21.8. The number of nitrogens with zero attached hydrogens (tertiary/aromatic N) is 4. The highest BCUT2D eigenvalue weighted by Gasteiger charge is 2.46. The fourth-order valence-electron chi connectivity index (χ4n) is 6.78. The molecule has 3 N–H and O–H groups in total. The smallest absolute Gasteiger partial charge is 0.264 e. The van der Waals surface area contributed by atoms with Crippen LogP contribution in [0.2, 0.25) is 0 Å². The Kier molecular flexibility index (Phi) is 7.95. The Morgan fingerprint density at radius 2 is 1.65 bits per heavy atom. The van der Waals surface area contributed by atoms with Gasteiger partial charge in [0, 0.05) is 57.8 Å². The van der Waals surface area contributed by atoms with Gasteiger partial charge in [-0.3, -0.25) is 34.3 Å².